The molecule has 3 rings (SSSR count). The Hall–Kier alpha value is -3.50. The van der Waals surface area contributed by atoms with Crippen LogP contribution in [0.5, 0.6) is 0 Å². The van der Waals surface area contributed by atoms with Gasteiger partial charge in [-0.3, -0.25) is 0 Å². The van der Waals surface area contributed by atoms with Crippen molar-refractivity contribution in [2.75, 3.05) is 18.6 Å². The van der Waals surface area contributed by atoms with Crippen LogP contribution >= 0.6 is 0 Å². The molecule has 2 radical (unpaired) electrons. The number of alkyl halides is 3. The molecule has 1 aliphatic rings. The molecule has 238 valence electrons. The maximum Gasteiger partial charge on any atom is 0.490 e. The molecular formula is C26H28AsF3N4O8S2. The van der Waals surface area contributed by atoms with Crippen molar-refractivity contribution in [1.29, 1.82) is 0 Å². The molecule has 0 aromatic heterocycles. The number of amides is 1. The number of carboxylic acid groups (broad SMARTS) is 1. The maximum atomic E-state index is 13.3. The Morgan fingerprint density at radius 1 is 1.11 bits per heavy atom. The Morgan fingerprint density at radius 3 is 2.14 bits per heavy atom. The van der Waals surface area contributed by atoms with Crippen molar-refractivity contribution in [2.45, 2.75) is 36.9 Å². The van der Waals surface area contributed by atoms with Gasteiger partial charge in [0.15, 0.2) is 0 Å². The Labute approximate surface area is 260 Å². The van der Waals surface area contributed by atoms with Crippen molar-refractivity contribution in [3.05, 3.63) is 70.1 Å². The number of allylic oxidation sites excluding steroid dienone is 3. The third-order valence-electron chi connectivity index (χ3n) is 6.35. The van der Waals surface area contributed by atoms with Gasteiger partial charge in [-0.05, 0) is 6.07 Å². The van der Waals surface area contributed by atoms with Crippen molar-refractivity contribution in [3.63, 3.8) is 0 Å². The van der Waals surface area contributed by atoms with E-state index in [4.69, 9.17) is 20.2 Å². The number of hydrogen-bond donors (Lipinski definition) is 4. The monoisotopic (exact) mass is 720 g/mol. The Balaban J connectivity index is 0.000000860. The van der Waals surface area contributed by atoms with Gasteiger partial charge in [-0.15, -0.1) is 0 Å². The number of oxime groups is 1. The summed E-state index contributed by atoms with van der Waals surface area (Å²) in [4.78, 5) is 22.2. The summed E-state index contributed by atoms with van der Waals surface area (Å²) in [7, 11) is -6.30. The predicted molar refractivity (Wildman–Crippen MR) is 157 cm³/mol. The molecule has 2 aromatic rings. The van der Waals surface area contributed by atoms with Crippen LogP contribution in [0.25, 0.3) is 11.1 Å². The number of anilines is 1. The number of sulfonamides is 2. The van der Waals surface area contributed by atoms with Gasteiger partial charge in [0.2, 0.25) is 10.0 Å². The van der Waals surface area contributed by atoms with E-state index >= 15 is 0 Å². The predicted octanol–water partition coefficient (Wildman–Crippen LogP) is 2.83. The zero-order valence-corrected chi connectivity index (χ0v) is 26.9. The van der Waals surface area contributed by atoms with Crippen LogP contribution in [-0.2, 0) is 29.6 Å². The van der Waals surface area contributed by atoms with E-state index in [1.807, 2.05) is 13.0 Å². The second kappa shape index (κ2) is 14.5. The van der Waals surface area contributed by atoms with Crippen LogP contribution < -0.4 is 10.5 Å². The van der Waals surface area contributed by atoms with Crippen LogP contribution in [0.2, 0.25) is 0 Å². The molecular weight excluding hydrogens is 692 g/mol. The molecule has 5 N–H and O–H groups in total. The van der Waals surface area contributed by atoms with Gasteiger partial charge in [0.1, 0.15) is 0 Å². The number of aliphatic carboxylic acids is 1. The summed E-state index contributed by atoms with van der Waals surface area (Å²) in [5.41, 5.74) is 3.45. The largest absolute Gasteiger partial charge is 0.490 e. The summed E-state index contributed by atoms with van der Waals surface area (Å²) in [6, 6.07) is 11.7. The molecule has 0 spiro atoms. The summed E-state index contributed by atoms with van der Waals surface area (Å²) in [5, 5.41) is 27.7. The summed E-state index contributed by atoms with van der Waals surface area (Å²) >= 11 is 2.34. The number of halogens is 3. The summed E-state index contributed by atoms with van der Waals surface area (Å²) in [6.45, 7) is 1.82. The molecule has 44 heavy (non-hydrogen) atoms. The van der Waals surface area contributed by atoms with Crippen LogP contribution in [0.4, 0.5) is 18.9 Å². The topological polar surface area (TPSA) is 197 Å². The first-order valence-electron chi connectivity index (χ1n) is 12.2. The van der Waals surface area contributed by atoms with Crippen molar-refractivity contribution in [3.8, 4) is 11.1 Å². The minimum Gasteiger partial charge on any atom is -0.475 e. The van der Waals surface area contributed by atoms with Gasteiger partial charge in [-0.2, -0.15) is 13.2 Å². The van der Waals surface area contributed by atoms with E-state index < -0.39 is 44.1 Å². The number of rotatable bonds is 8. The zero-order chi connectivity index (χ0) is 33.6. The first-order valence-corrected chi connectivity index (χ1v) is 16.6. The minimum atomic E-state index is -5.08. The normalized spacial score (nSPS) is 15.8. The fourth-order valence-electron chi connectivity index (χ4n) is 3.90. The minimum absolute atomic E-state index is 0.0193. The molecule has 0 heterocycles. The summed E-state index contributed by atoms with van der Waals surface area (Å²) in [6.07, 6.45) is -1.77. The summed E-state index contributed by atoms with van der Waals surface area (Å²) < 4.78 is 82.0. The van der Waals surface area contributed by atoms with E-state index in [-0.39, 0.29) is 11.3 Å². The molecule has 0 saturated carbocycles. The number of nitrogens with one attached hydrogen (secondary N) is 1. The molecule has 0 aliphatic heterocycles. The second-order valence-electron chi connectivity index (χ2n) is 9.36. The molecule has 0 fully saturated rings. The van der Waals surface area contributed by atoms with Gasteiger partial charge < -0.3 is 5.11 Å². The Morgan fingerprint density at radius 2 is 1.66 bits per heavy atom. The summed E-state index contributed by atoms with van der Waals surface area (Å²) in [5.74, 6) is -3.29. The van der Waals surface area contributed by atoms with Crippen LogP contribution in [0.1, 0.15) is 19.8 Å². The molecule has 1 atom stereocenters. The van der Waals surface area contributed by atoms with Crippen molar-refractivity contribution >= 4 is 60.2 Å². The fraction of sp³-hybridized carbons (Fsp3) is 0.269. The van der Waals surface area contributed by atoms with Crippen LogP contribution in [0, 0.1) is 0 Å². The number of carboxylic acids is 1. The first kappa shape index (κ1) is 36.7. The molecule has 1 amide bonds. The van der Waals surface area contributed by atoms with Gasteiger partial charge in [-0.25, -0.2) is 18.4 Å². The van der Waals surface area contributed by atoms with Crippen molar-refractivity contribution in [1.82, 2.24) is 4.31 Å². The molecule has 18 heteroatoms. The number of nitrogens with zero attached hydrogens (tertiary/aromatic N) is 2. The average molecular weight is 721 g/mol. The van der Waals surface area contributed by atoms with Gasteiger partial charge in [0, 0.05) is 0 Å². The number of hydrogen-bond acceptors (Lipinski definition) is 8. The molecule has 0 bridgehead atoms. The third-order valence-corrected chi connectivity index (χ3v) is 9.87. The number of likely N-dealkylation sites (N-methyl/N-ethyl adjacent to an activating group) is 1. The van der Waals surface area contributed by atoms with E-state index in [9.17, 15) is 34.8 Å². The quantitative estimate of drug-likeness (QED) is 0.181. The molecule has 0 unspecified atom stereocenters. The Kier molecular flexibility index (Phi) is 12.1. The molecule has 1 aliphatic carbocycles. The van der Waals surface area contributed by atoms with E-state index in [0.29, 0.717) is 33.3 Å². The van der Waals surface area contributed by atoms with Gasteiger partial charge >= 0.3 is 186 Å². The van der Waals surface area contributed by atoms with Crippen LogP contribution in [0.15, 0.2) is 80.2 Å². The van der Waals surface area contributed by atoms with Crippen molar-refractivity contribution in [2.24, 2.45) is 10.3 Å². The fourth-order valence-corrected chi connectivity index (χ4v) is 5.88. The number of nitrogens with two attached hydrogens (primary N) is 1. The first-order chi connectivity index (χ1) is 20.2. The van der Waals surface area contributed by atoms with Gasteiger partial charge in [-0.1, -0.05) is 18.2 Å². The van der Waals surface area contributed by atoms with E-state index in [0.717, 1.165) is 21.7 Å². The van der Waals surface area contributed by atoms with E-state index in [1.165, 1.54) is 13.1 Å². The van der Waals surface area contributed by atoms with Crippen LogP contribution in [-0.4, -0.2) is 91.4 Å². The number of primary sulfonamides is 1. The SMILES string of the molecule is CC1=C([As])C(=NO)CC=C1C[C@@H](C(=O)Nc1ccc(-c2ccccc2S(N)(=O)=O)cc1)N(C)S(C)(=O)=O.O=C(O)C(F)(F)F. The molecule has 0 saturated heterocycles. The maximum absolute atomic E-state index is 13.3. The zero-order valence-electron chi connectivity index (χ0n) is 23.4. The number of carbonyl (C=O) groups excluding carboxylic acids is 1. The molecule has 2 aromatic carbocycles. The third kappa shape index (κ3) is 9.75. The standard InChI is InChI=1S/C24H27AsN4O6S2.C2HF3O2/c1-15-17(10-13-20(28-31)23(15)25)14-21(29(2)36(3,32)33)24(30)27-18-11-8-16(9-12-18)19-6-4-5-7-22(19)37(26,34)35;3-2(4,5)1(6)7/h4-12,21,31H,13-14H2,1-3H3,(H,27,30)(H2,26,34,35);(H,6,7)/t21-;/m0./s1. The average Bonchev–Trinajstić information content (AvgIpc) is 2.93. The van der Waals surface area contributed by atoms with Crippen molar-refractivity contribution < 1.29 is 49.9 Å². The molecule has 12 nitrogen and oxygen atoms in total. The van der Waals surface area contributed by atoms with E-state index in [1.54, 1.807) is 42.5 Å². The van der Waals surface area contributed by atoms with Crippen LogP contribution in [0.3, 0.4) is 0 Å². The smallest absolute Gasteiger partial charge is 0.475 e. The van der Waals surface area contributed by atoms with E-state index in [2.05, 4.69) is 27.3 Å². The van der Waals surface area contributed by atoms with Gasteiger partial charge in [0.05, 0.1) is 4.90 Å². The second-order valence-corrected chi connectivity index (χ2v) is 13.9. The van der Waals surface area contributed by atoms with Gasteiger partial charge in [0.25, 0.3) is 0 Å². The number of carbonyl (C=O) groups is 2. The Bertz CT molecular complexity index is 1720. The number of benzene rings is 2.